The lowest BCUT2D eigenvalue weighted by Crippen LogP contribution is -2.30. The number of benzene rings is 1. The van der Waals surface area contributed by atoms with Gasteiger partial charge in [-0.05, 0) is 12.8 Å². The quantitative estimate of drug-likeness (QED) is 0.644. The minimum atomic E-state index is -0.178. The number of carbonyl (C=O) groups excluding carboxylic acids is 1. The van der Waals surface area contributed by atoms with E-state index in [1.807, 2.05) is 37.3 Å². The molecule has 2 aromatic heterocycles. The fraction of sp³-hybridized carbons (Fsp3) is 0.368. The molecule has 7 nitrogen and oxygen atoms in total. The number of hydrogen-bond acceptors (Lipinski definition) is 6. The Kier molecular flexibility index (Phi) is 5.46. The summed E-state index contributed by atoms with van der Waals surface area (Å²) in [6, 6.07) is 9.44. The van der Waals surface area contributed by atoms with Crippen LogP contribution in [0.4, 0.5) is 0 Å². The van der Waals surface area contributed by atoms with E-state index >= 15 is 0 Å². The highest BCUT2D eigenvalue weighted by Crippen LogP contribution is 2.24. The van der Waals surface area contributed by atoms with E-state index in [4.69, 9.17) is 9.05 Å². The van der Waals surface area contributed by atoms with Crippen LogP contribution < -0.4 is 0 Å². The zero-order valence-electron chi connectivity index (χ0n) is 15.2. The normalized spacial score (nSPS) is 11.1. The van der Waals surface area contributed by atoms with Crippen molar-refractivity contribution in [2.24, 2.45) is 5.92 Å². The third-order valence-corrected chi connectivity index (χ3v) is 3.93. The first-order valence-corrected chi connectivity index (χ1v) is 8.69. The van der Waals surface area contributed by atoms with Crippen molar-refractivity contribution < 1.29 is 13.8 Å². The molecular formula is C19H22N4O3. The van der Waals surface area contributed by atoms with Crippen LogP contribution in [0.1, 0.15) is 42.8 Å². The molecular weight excluding hydrogens is 332 g/mol. The summed E-state index contributed by atoms with van der Waals surface area (Å²) >= 11 is 0. The second-order valence-electron chi connectivity index (χ2n) is 6.46. The standard InChI is InChI=1S/C19H22N4O3/c1-4-23(12-16-21-17(25-22-16)10-13(2)3)19(24)15-11-20-26-18(15)14-8-6-5-7-9-14/h5-9,11,13H,4,10,12H2,1-3H3. The molecule has 3 aromatic rings. The van der Waals surface area contributed by atoms with Crippen LogP contribution in [0.25, 0.3) is 11.3 Å². The van der Waals surface area contributed by atoms with E-state index in [0.29, 0.717) is 35.5 Å². The molecule has 0 atom stereocenters. The first-order valence-electron chi connectivity index (χ1n) is 8.69. The van der Waals surface area contributed by atoms with Crippen molar-refractivity contribution in [3.63, 3.8) is 0 Å². The Morgan fingerprint density at radius 1 is 1.19 bits per heavy atom. The molecule has 0 aliphatic carbocycles. The molecule has 7 heteroatoms. The minimum Gasteiger partial charge on any atom is -0.355 e. The molecule has 3 rings (SSSR count). The SMILES string of the molecule is CCN(Cc1noc(CC(C)C)n1)C(=O)c1cnoc1-c1ccccc1. The van der Waals surface area contributed by atoms with Crippen LogP contribution in [0.5, 0.6) is 0 Å². The van der Waals surface area contributed by atoms with Crippen molar-refractivity contribution in [1.82, 2.24) is 20.2 Å². The third kappa shape index (κ3) is 3.99. The molecule has 0 fully saturated rings. The predicted molar refractivity (Wildman–Crippen MR) is 95.2 cm³/mol. The first kappa shape index (κ1) is 17.8. The Labute approximate surface area is 152 Å². The molecule has 136 valence electrons. The van der Waals surface area contributed by atoms with Crippen molar-refractivity contribution in [1.29, 1.82) is 0 Å². The zero-order chi connectivity index (χ0) is 18.5. The van der Waals surface area contributed by atoms with Crippen LogP contribution in [0.3, 0.4) is 0 Å². The van der Waals surface area contributed by atoms with Gasteiger partial charge in [0.1, 0.15) is 5.56 Å². The summed E-state index contributed by atoms with van der Waals surface area (Å²) in [4.78, 5) is 19.0. The predicted octanol–water partition coefficient (Wildman–Crippen LogP) is 3.59. The topological polar surface area (TPSA) is 85.3 Å². The van der Waals surface area contributed by atoms with Gasteiger partial charge in [0.25, 0.3) is 5.91 Å². The van der Waals surface area contributed by atoms with E-state index in [-0.39, 0.29) is 12.5 Å². The van der Waals surface area contributed by atoms with Gasteiger partial charge in [0.2, 0.25) is 5.89 Å². The Bertz CT molecular complexity index is 855. The molecule has 0 radical (unpaired) electrons. The van der Waals surface area contributed by atoms with Gasteiger partial charge in [-0.1, -0.05) is 54.5 Å². The number of hydrogen-bond donors (Lipinski definition) is 0. The number of nitrogens with zero attached hydrogens (tertiary/aromatic N) is 4. The highest BCUT2D eigenvalue weighted by Gasteiger charge is 2.24. The average molecular weight is 354 g/mol. The van der Waals surface area contributed by atoms with Gasteiger partial charge in [0.05, 0.1) is 12.7 Å². The Hall–Kier alpha value is -2.96. The van der Waals surface area contributed by atoms with E-state index in [1.54, 1.807) is 4.90 Å². The smallest absolute Gasteiger partial charge is 0.259 e. The lowest BCUT2D eigenvalue weighted by atomic mass is 10.1. The number of carbonyl (C=O) groups is 1. The Morgan fingerprint density at radius 3 is 2.65 bits per heavy atom. The van der Waals surface area contributed by atoms with Crippen LogP contribution in [0.2, 0.25) is 0 Å². The zero-order valence-corrected chi connectivity index (χ0v) is 15.2. The van der Waals surface area contributed by atoms with Gasteiger partial charge in [0.15, 0.2) is 11.6 Å². The monoisotopic (exact) mass is 354 g/mol. The minimum absolute atomic E-state index is 0.178. The number of amides is 1. The Balaban J connectivity index is 1.78. The average Bonchev–Trinajstić information content (AvgIpc) is 3.29. The van der Waals surface area contributed by atoms with Gasteiger partial charge in [0, 0.05) is 18.5 Å². The molecule has 0 saturated carbocycles. The van der Waals surface area contributed by atoms with Crippen molar-refractivity contribution in [2.75, 3.05) is 6.54 Å². The fourth-order valence-electron chi connectivity index (χ4n) is 2.64. The maximum Gasteiger partial charge on any atom is 0.259 e. The molecule has 1 aromatic carbocycles. The van der Waals surface area contributed by atoms with Gasteiger partial charge in [-0.2, -0.15) is 4.98 Å². The lowest BCUT2D eigenvalue weighted by Gasteiger charge is -2.18. The maximum atomic E-state index is 13.0. The van der Waals surface area contributed by atoms with Crippen molar-refractivity contribution in [3.05, 3.63) is 53.8 Å². The summed E-state index contributed by atoms with van der Waals surface area (Å²) in [6.07, 6.45) is 2.17. The molecule has 26 heavy (non-hydrogen) atoms. The molecule has 1 amide bonds. The second-order valence-corrected chi connectivity index (χ2v) is 6.46. The summed E-state index contributed by atoms with van der Waals surface area (Å²) in [5.74, 6) is 1.80. The lowest BCUT2D eigenvalue weighted by molar-refractivity contribution is 0.0747. The highest BCUT2D eigenvalue weighted by atomic mass is 16.5. The van der Waals surface area contributed by atoms with Gasteiger partial charge < -0.3 is 13.9 Å². The van der Waals surface area contributed by atoms with Crippen LogP contribution >= 0.6 is 0 Å². The summed E-state index contributed by atoms with van der Waals surface area (Å²) in [6.45, 7) is 6.86. The van der Waals surface area contributed by atoms with Gasteiger partial charge in [-0.25, -0.2) is 0 Å². The molecule has 0 saturated heterocycles. The molecule has 2 heterocycles. The summed E-state index contributed by atoms with van der Waals surface area (Å²) in [7, 11) is 0. The molecule has 0 unspecified atom stereocenters. The van der Waals surface area contributed by atoms with Crippen LogP contribution in [-0.4, -0.2) is 32.6 Å². The van der Waals surface area contributed by atoms with Crippen molar-refractivity contribution in [3.8, 4) is 11.3 Å². The van der Waals surface area contributed by atoms with Crippen LogP contribution in [-0.2, 0) is 13.0 Å². The largest absolute Gasteiger partial charge is 0.355 e. The van der Waals surface area contributed by atoms with E-state index < -0.39 is 0 Å². The fourth-order valence-corrected chi connectivity index (χ4v) is 2.64. The summed E-state index contributed by atoms with van der Waals surface area (Å²) in [5.41, 5.74) is 1.23. The highest BCUT2D eigenvalue weighted by molar-refractivity contribution is 5.99. The van der Waals surface area contributed by atoms with Crippen molar-refractivity contribution >= 4 is 5.91 Å². The first-order chi connectivity index (χ1) is 12.6. The van der Waals surface area contributed by atoms with E-state index in [0.717, 1.165) is 12.0 Å². The molecule has 0 bridgehead atoms. The van der Waals surface area contributed by atoms with Gasteiger partial charge >= 0.3 is 0 Å². The van der Waals surface area contributed by atoms with Gasteiger partial charge in [-0.3, -0.25) is 4.79 Å². The van der Waals surface area contributed by atoms with E-state index in [2.05, 4.69) is 29.1 Å². The van der Waals surface area contributed by atoms with Crippen LogP contribution in [0.15, 0.2) is 45.6 Å². The molecule has 0 spiro atoms. The van der Waals surface area contributed by atoms with Gasteiger partial charge in [-0.15, -0.1) is 0 Å². The van der Waals surface area contributed by atoms with E-state index in [1.165, 1.54) is 6.20 Å². The molecule has 0 N–H and O–H groups in total. The summed E-state index contributed by atoms with van der Waals surface area (Å²) in [5, 5.41) is 7.79. The Morgan fingerprint density at radius 2 is 1.96 bits per heavy atom. The van der Waals surface area contributed by atoms with Crippen molar-refractivity contribution in [2.45, 2.75) is 33.7 Å². The molecule has 0 aliphatic heterocycles. The third-order valence-electron chi connectivity index (χ3n) is 3.93. The van der Waals surface area contributed by atoms with E-state index in [9.17, 15) is 4.79 Å². The number of rotatable bonds is 7. The second kappa shape index (κ2) is 7.95. The number of aromatic nitrogens is 3. The maximum absolute atomic E-state index is 13.0. The molecule has 0 aliphatic rings. The summed E-state index contributed by atoms with van der Waals surface area (Å²) < 4.78 is 10.6. The van der Waals surface area contributed by atoms with Crippen LogP contribution in [0, 0.1) is 5.92 Å².